The average molecular weight is 247 g/mol. The number of hydrogen-bond acceptors (Lipinski definition) is 2. The number of nitrogens with one attached hydrogen (secondary N) is 1. The van der Waals surface area contributed by atoms with Gasteiger partial charge in [0.1, 0.15) is 5.75 Å². The van der Waals surface area contributed by atoms with Gasteiger partial charge in [0.25, 0.3) is 0 Å². The first-order chi connectivity index (χ1) is 8.67. The summed E-state index contributed by atoms with van der Waals surface area (Å²) in [6, 6.07) is 4.53. The number of aryl methyl sites for hydroxylation is 2. The Kier molecular flexibility index (Phi) is 4.28. The van der Waals surface area contributed by atoms with Crippen molar-refractivity contribution in [3.63, 3.8) is 0 Å². The lowest BCUT2D eigenvalue weighted by molar-refractivity contribution is 0.316. The van der Waals surface area contributed by atoms with Gasteiger partial charge in [0.2, 0.25) is 0 Å². The van der Waals surface area contributed by atoms with Crippen LogP contribution < -0.4 is 10.1 Å². The van der Waals surface area contributed by atoms with Gasteiger partial charge in [-0.15, -0.1) is 0 Å². The van der Waals surface area contributed by atoms with E-state index in [0.29, 0.717) is 5.92 Å². The summed E-state index contributed by atoms with van der Waals surface area (Å²) in [5.41, 5.74) is 4.16. The maximum absolute atomic E-state index is 5.41. The molecule has 0 aliphatic carbocycles. The minimum atomic E-state index is 0.709. The van der Waals surface area contributed by atoms with Gasteiger partial charge in [-0.05, 0) is 68.0 Å². The Labute approximate surface area is 111 Å². The van der Waals surface area contributed by atoms with Crippen LogP contribution in [0.5, 0.6) is 5.75 Å². The van der Waals surface area contributed by atoms with Crippen molar-refractivity contribution in [2.24, 2.45) is 5.92 Å². The van der Waals surface area contributed by atoms with Gasteiger partial charge in [0, 0.05) is 0 Å². The Hall–Kier alpha value is -1.02. The number of rotatable bonds is 3. The van der Waals surface area contributed by atoms with Crippen LogP contribution in [0.2, 0.25) is 0 Å². The molecule has 2 atom stereocenters. The summed E-state index contributed by atoms with van der Waals surface area (Å²) in [5.74, 6) is 2.49. The van der Waals surface area contributed by atoms with Gasteiger partial charge in [-0.2, -0.15) is 0 Å². The van der Waals surface area contributed by atoms with Crippen molar-refractivity contribution in [2.45, 2.75) is 39.5 Å². The highest BCUT2D eigenvalue weighted by atomic mass is 16.5. The molecule has 1 saturated heterocycles. The van der Waals surface area contributed by atoms with Crippen LogP contribution in [-0.2, 0) is 0 Å². The minimum absolute atomic E-state index is 0.709. The fraction of sp³-hybridized carbons (Fsp3) is 0.625. The number of piperidine rings is 1. The molecule has 0 bridgehead atoms. The number of ether oxygens (including phenoxy) is 1. The third kappa shape index (κ3) is 2.54. The largest absolute Gasteiger partial charge is 0.496 e. The molecule has 0 saturated carbocycles. The van der Waals surface area contributed by atoms with E-state index in [2.05, 4.69) is 38.2 Å². The molecule has 2 unspecified atom stereocenters. The highest BCUT2D eigenvalue weighted by molar-refractivity contribution is 5.43. The molecular weight excluding hydrogens is 222 g/mol. The van der Waals surface area contributed by atoms with E-state index in [-0.39, 0.29) is 0 Å². The molecule has 0 spiro atoms. The third-order valence-corrected chi connectivity index (χ3v) is 4.32. The Morgan fingerprint density at radius 1 is 1.28 bits per heavy atom. The van der Waals surface area contributed by atoms with Crippen molar-refractivity contribution < 1.29 is 4.74 Å². The van der Waals surface area contributed by atoms with Crippen molar-refractivity contribution in [3.8, 4) is 5.75 Å². The second-order valence-electron chi connectivity index (χ2n) is 5.45. The van der Waals surface area contributed by atoms with Crippen molar-refractivity contribution in [1.29, 1.82) is 0 Å². The summed E-state index contributed by atoms with van der Waals surface area (Å²) in [5, 5.41) is 3.52. The first-order valence-corrected chi connectivity index (χ1v) is 7.03. The number of benzene rings is 1. The zero-order valence-electron chi connectivity index (χ0n) is 12.0. The third-order valence-electron chi connectivity index (χ3n) is 4.32. The maximum atomic E-state index is 5.41. The standard InChI is InChI=1S/C16H25NO/c1-5-13-10-17-7-6-14(13)15-8-12(3)16(18-4)9-11(15)2/h8-9,13-14,17H,5-7,10H2,1-4H3. The van der Waals surface area contributed by atoms with E-state index < -0.39 is 0 Å². The van der Waals surface area contributed by atoms with Crippen LogP contribution in [0.25, 0.3) is 0 Å². The smallest absolute Gasteiger partial charge is 0.122 e. The molecular formula is C16H25NO. The molecule has 0 amide bonds. The molecule has 1 aliphatic heterocycles. The quantitative estimate of drug-likeness (QED) is 0.883. The van der Waals surface area contributed by atoms with E-state index in [0.717, 1.165) is 24.8 Å². The Balaban J connectivity index is 2.34. The van der Waals surface area contributed by atoms with Crippen LogP contribution in [0, 0.1) is 19.8 Å². The van der Waals surface area contributed by atoms with E-state index in [1.165, 1.54) is 29.5 Å². The van der Waals surface area contributed by atoms with Crippen LogP contribution in [0.15, 0.2) is 12.1 Å². The second-order valence-corrected chi connectivity index (χ2v) is 5.45. The lowest BCUT2D eigenvalue weighted by Crippen LogP contribution is -2.35. The number of methoxy groups -OCH3 is 1. The van der Waals surface area contributed by atoms with Crippen molar-refractivity contribution in [1.82, 2.24) is 5.32 Å². The van der Waals surface area contributed by atoms with Gasteiger partial charge in [0.05, 0.1) is 7.11 Å². The Morgan fingerprint density at radius 2 is 2.06 bits per heavy atom. The molecule has 0 radical (unpaired) electrons. The zero-order chi connectivity index (χ0) is 13.1. The summed E-state index contributed by atoms with van der Waals surface area (Å²) in [6.07, 6.45) is 2.51. The number of hydrogen-bond donors (Lipinski definition) is 1. The summed E-state index contributed by atoms with van der Waals surface area (Å²) in [4.78, 5) is 0. The molecule has 1 aromatic carbocycles. The van der Waals surface area contributed by atoms with E-state index in [4.69, 9.17) is 4.74 Å². The fourth-order valence-corrected chi connectivity index (χ4v) is 3.19. The summed E-state index contributed by atoms with van der Waals surface area (Å²) in [6.45, 7) is 8.96. The summed E-state index contributed by atoms with van der Waals surface area (Å²) in [7, 11) is 1.75. The van der Waals surface area contributed by atoms with Crippen LogP contribution in [0.1, 0.15) is 42.4 Å². The normalized spacial score (nSPS) is 24.0. The molecule has 1 fully saturated rings. The lowest BCUT2D eigenvalue weighted by atomic mass is 9.78. The molecule has 0 aromatic heterocycles. The van der Waals surface area contributed by atoms with E-state index in [1.54, 1.807) is 7.11 Å². The van der Waals surface area contributed by atoms with E-state index >= 15 is 0 Å². The van der Waals surface area contributed by atoms with Crippen molar-refractivity contribution >= 4 is 0 Å². The van der Waals surface area contributed by atoms with Gasteiger partial charge >= 0.3 is 0 Å². The molecule has 2 nitrogen and oxygen atoms in total. The monoisotopic (exact) mass is 247 g/mol. The molecule has 1 aromatic rings. The van der Waals surface area contributed by atoms with Crippen molar-refractivity contribution in [3.05, 3.63) is 28.8 Å². The molecule has 2 heteroatoms. The van der Waals surface area contributed by atoms with Gasteiger partial charge in [-0.1, -0.05) is 19.4 Å². The van der Waals surface area contributed by atoms with Crippen LogP contribution in [0.3, 0.4) is 0 Å². The lowest BCUT2D eigenvalue weighted by Gasteiger charge is -2.33. The summed E-state index contributed by atoms with van der Waals surface area (Å²) < 4.78 is 5.41. The minimum Gasteiger partial charge on any atom is -0.496 e. The Morgan fingerprint density at radius 3 is 2.72 bits per heavy atom. The fourth-order valence-electron chi connectivity index (χ4n) is 3.19. The molecule has 100 valence electrons. The summed E-state index contributed by atoms with van der Waals surface area (Å²) >= 11 is 0. The van der Waals surface area contributed by atoms with E-state index in [1.807, 2.05) is 0 Å². The van der Waals surface area contributed by atoms with Gasteiger partial charge < -0.3 is 10.1 Å². The zero-order valence-corrected chi connectivity index (χ0v) is 12.0. The highest BCUT2D eigenvalue weighted by Crippen LogP contribution is 2.36. The predicted octanol–water partition coefficient (Wildman–Crippen LogP) is 3.42. The topological polar surface area (TPSA) is 21.3 Å². The average Bonchev–Trinajstić information content (AvgIpc) is 2.41. The maximum Gasteiger partial charge on any atom is 0.122 e. The van der Waals surface area contributed by atoms with Crippen molar-refractivity contribution in [2.75, 3.05) is 20.2 Å². The molecule has 1 N–H and O–H groups in total. The van der Waals surface area contributed by atoms with Crippen LogP contribution in [0.4, 0.5) is 0 Å². The van der Waals surface area contributed by atoms with Gasteiger partial charge in [0.15, 0.2) is 0 Å². The molecule has 18 heavy (non-hydrogen) atoms. The predicted molar refractivity (Wildman–Crippen MR) is 76.5 cm³/mol. The molecule has 1 heterocycles. The molecule has 2 rings (SSSR count). The van der Waals surface area contributed by atoms with E-state index in [9.17, 15) is 0 Å². The Bertz CT molecular complexity index is 414. The highest BCUT2D eigenvalue weighted by Gasteiger charge is 2.26. The first kappa shape index (κ1) is 13.4. The van der Waals surface area contributed by atoms with Gasteiger partial charge in [-0.25, -0.2) is 0 Å². The van der Waals surface area contributed by atoms with Gasteiger partial charge in [-0.3, -0.25) is 0 Å². The SMILES string of the molecule is CCC1CNCCC1c1cc(C)c(OC)cc1C. The van der Waals surface area contributed by atoms with Crippen LogP contribution >= 0.6 is 0 Å². The molecule has 1 aliphatic rings. The first-order valence-electron chi connectivity index (χ1n) is 7.03. The second kappa shape index (κ2) is 5.75. The van der Waals surface area contributed by atoms with Crippen LogP contribution in [-0.4, -0.2) is 20.2 Å².